The van der Waals surface area contributed by atoms with E-state index in [1.165, 1.54) is 167 Å². The molecular weight excluding hydrogens is 757 g/mol. The van der Waals surface area contributed by atoms with E-state index in [9.17, 15) is 34.1 Å². The number of aliphatic carboxylic acids is 1. The molecule has 0 aliphatic carbocycles. The lowest BCUT2D eigenvalue weighted by Gasteiger charge is -2.18. The topological polar surface area (TPSA) is 169 Å². The van der Waals surface area contributed by atoms with Crippen molar-refractivity contribution in [2.45, 2.75) is 257 Å². The number of aliphatic hydroxyl groups is 1. The molecule has 4 N–H and O–H groups in total. The van der Waals surface area contributed by atoms with Crippen LogP contribution in [0.3, 0.4) is 0 Å². The number of carbonyl (C=O) groups is 3. The Bertz CT molecular complexity index is 1000. The number of nitrogens with one attached hydrogen (secondary N) is 1. The molecule has 0 radical (unpaired) electrons. The third-order valence-corrected chi connectivity index (χ3v) is 11.8. The van der Waals surface area contributed by atoms with E-state index < -0.39 is 57.6 Å². The summed E-state index contributed by atoms with van der Waals surface area (Å²) >= 11 is 0. The van der Waals surface area contributed by atoms with Crippen LogP contribution in [-0.4, -0.2) is 64.9 Å². The zero-order chi connectivity index (χ0) is 42.8. The van der Waals surface area contributed by atoms with Gasteiger partial charge in [-0.2, -0.15) is 0 Å². The van der Waals surface area contributed by atoms with Gasteiger partial charge < -0.3 is 25.2 Å². The SMILES string of the molecule is CCCCCCCCCCCCCCCCCCCCCCCCC(=O)NC(COP(=O)(O)OCC(O)COC(=O)CCCCCCCCCCCCCC)C(=O)O. The number of hydrogen-bond acceptors (Lipinski definition) is 8. The first-order valence-electron chi connectivity index (χ1n) is 24.1. The molecule has 0 saturated carbocycles. The average molecular weight is 848 g/mol. The molecule has 0 heterocycles. The largest absolute Gasteiger partial charge is 0.480 e. The second kappa shape index (κ2) is 42.2. The van der Waals surface area contributed by atoms with Crippen molar-refractivity contribution in [3.63, 3.8) is 0 Å². The Labute approximate surface area is 354 Å². The fourth-order valence-corrected chi connectivity index (χ4v) is 7.91. The first kappa shape index (κ1) is 56.5. The molecule has 12 heteroatoms. The van der Waals surface area contributed by atoms with Crippen molar-refractivity contribution >= 4 is 25.7 Å². The van der Waals surface area contributed by atoms with Gasteiger partial charge in [-0.15, -0.1) is 0 Å². The standard InChI is InChI=1S/C46H90NO10P/c1-3-5-7-9-11-13-15-17-18-19-20-21-22-23-24-25-26-27-29-31-33-35-37-44(49)47-43(46(51)52)41-57-58(53,54)56-40-42(48)39-55-45(50)38-36-34-32-30-28-16-14-12-10-8-6-4-2/h42-43,48H,3-41H2,1-2H3,(H,47,49)(H,51,52)(H,53,54). The van der Waals surface area contributed by atoms with Crippen molar-refractivity contribution in [3.8, 4) is 0 Å². The molecule has 0 aromatic carbocycles. The first-order chi connectivity index (χ1) is 28.1. The van der Waals surface area contributed by atoms with Gasteiger partial charge in [0.2, 0.25) is 5.91 Å². The number of aliphatic hydroxyl groups excluding tert-OH is 1. The molecule has 0 saturated heterocycles. The fraction of sp³-hybridized carbons (Fsp3) is 0.935. The molecule has 3 unspecified atom stereocenters. The molecule has 0 aliphatic rings. The average Bonchev–Trinajstić information content (AvgIpc) is 3.20. The maximum Gasteiger partial charge on any atom is 0.472 e. The summed E-state index contributed by atoms with van der Waals surface area (Å²) < 4.78 is 26.9. The van der Waals surface area contributed by atoms with Crippen LogP contribution in [0.25, 0.3) is 0 Å². The van der Waals surface area contributed by atoms with Crippen molar-refractivity contribution in [2.75, 3.05) is 19.8 Å². The van der Waals surface area contributed by atoms with Gasteiger partial charge in [0.1, 0.15) is 12.7 Å². The highest BCUT2D eigenvalue weighted by molar-refractivity contribution is 7.47. The van der Waals surface area contributed by atoms with Crippen LogP contribution < -0.4 is 5.32 Å². The van der Waals surface area contributed by atoms with Crippen molar-refractivity contribution in [1.82, 2.24) is 5.32 Å². The van der Waals surface area contributed by atoms with Gasteiger partial charge in [-0.3, -0.25) is 18.6 Å². The van der Waals surface area contributed by atoms with Crippen LogP contribution in [0, 0.1) is 0 Å². The van der Waals surface area contributed by atoms with Crippen LogP contribution in [0.15, 0.2) is 0 Å². The summed E-state index contributed by atoms with van der Waals surface area (Å²) in [6.45, 7) is 2.63. The number of phosphoric acid groups is 1. The Balaban J connectivity index is 3.80. The lowest BCUT2D eigenvalue weighted by Crippen LogP contribution is -2.43. The van der Waals surface area contributed by atoms with E-state index in [1.807, 2.05) is 0 Å². The normalized spacial score (nSPS) is 13.6. The van der Waals surface area contributed by atoms with Crippen LogP contribution in [-0.2, 0) is 32.7 Å². The molecular formula is C46H90NO10P. The van der Waals surface area contributed by atoms with E-state index in [-0.39, 0.29) is 12.8 Å². The quantitative estimate of drug-likeness (QED) is 0.0263. The van der Waals surface area contributed by atoms with Crippen molar-refractivity contribution in [2.24, 2.45) is 0 Å². The molecule has 0 spiro atoms. The minimum absolute atomic E-state index is 0.153. The summed E-state index contributed by atoms with van der Waals surface area (Å²) in [5.74, 6) is -2.35. The summed E-state index contributed by atoms with van der Waals surface area (Å²) in [6.07, 6.45) is 41.3. The summed E-state index contributed by atoms with van der Waals surface area (Å²) in [7, 11) is -4.75. The maximum absolute atomic E-state index is 12.3. The van der Waals surface area contributed by atoms with Gasteiger partial charge in [0.05, 0.1) is 13.2 Å². The Morgan fingerprint density at radius 3 is 1.14 bits per heavy atom. The number of hydrogen-bond donors (Lipinski definition) is 4. The number of amides is 1. The van der Waals surface area contributed by atoms with Crippen LogP contribution in [0.4, 0.5) is 0 Å². The van der Waals surface area contributed by atoms with Gasteiger partial charge in [-0.1, -0.05) is 219 Å². The van der Waals surface area contributed by atoms with E-state index in [0.717, 1.165) is 38.5 Å². The second-order valence-electron chi connectivity index (χ2n) is 16.7. The van der Waals surface area contributed by atoms with Gasteiger partial charge >= 0.3 is 19.8 Å². The lowest BCUT2D eigenvalue weighted by molar-refractivity contribution is -0.147. The Kier molecular flexibility index (Phi) is 41.1. The fourth-order valence-electron chi connectivity index (χ4n) is 7.14. The predicted molar refractivity (Wildman–Crippen MR) is 236 cm³/mol. The monoisotopic (exact) mass is 848 g/mol. The van der Waals surface area contributed by atoms with E-state index in [4.69, 9.17) is 13.8 Å². The van der Waals surface area contributed by atoms with Gasteiger partial charge in [0, 0.05) is 12.8 Å². The second-order valence-corrected chi connectivity index (χ2v) is 18.1. The highest BCUT2D eigenvalue weighted by Gasteiger charge is 2.28. The summed E-state index contributed by atoms with van der Waals surface area (Å²) in [4.78, 5) is 46.0. The van der Waals surface area contributed by atoms with Gasteiger partial charge in [0.15, 0.2) is 6.04 Å². The third-order valence-electron chi connectivity index (χ3n) is 10.9. The highest BCUT2D eigenvalue weighted by Crippen LogP contribution is 2.43. The van der Waals surface area contributed by atoms with Gasteiger partial charge in [-0.25, -0.2) is 9.36 Å². The number of carbonyl (C=O) groups excluding carboxylic acids is 2. The van der Waals surface area contributed by atoms with Crippen LogP contribution in [0.1, 0.15) is 245 Å². The first-order valence-corrected chi connectivity index (χ1v) is 25.6. The molecule has 0 aliphatic heterocycles. The highest BCUT2D eigenvalue weighted by atomic mass is 31.2. The number of ether oxygens (including phenoxy) is 1. The molecule has 0 aromatic heterocycles. The van der Waals surface area contributed by atoms with Gasteiger partial charge in [0.25, 0.3) is 0 Å². The molecule has 1 amide bonds. The van der Waals surface area contributed by atoms with Crippen molar-refractivity contribution in [1.29, 1.82) is 0 Å². The Hall–Kier alpha value is -1.52. The minimum Gasteiger partial charge on any atom is -0.480 e. The molecule has 344 valence electrons. The molecule has 0 bridgehead atoms. The number of phosphoric ester groups is 1. The number of carboxylic acid groups (broad SMARTS) is 1. The van der Waals surface area contributed by atoms with Crippen molar-refractivity contribution in [3.05, 3.63) is 0 Å². The van der Waals surface area contributed by atoms with Crippen molar-refractivity contribution < 1.29 is 47.8 Å². The molecule has 0 fully saturated rings. The van der Waals surface area contributed by atoms with E-state index in [2.05, 4.69) is 19.2 Å². The zero-order valence-electron chi connectivity index (χ0n) is 37.4. The smallest absolute Gasteiger partial charge is 0.472 e. The van der Waals surface area contributed by atoms with E-state index in [0.29, 0.717) is 12.8 Å². The number of carboxylic acids is 1. The molecule has 0 aromatic rings. The van der Waals surface area contributed by atoms with Gasteiger partial charge in [-0.05, 0) is 12.8 Å². The molecule has 58 heavy (non-hydrogen) atoms. The maximum atomic E-state index is 12.3. The summed E-state index contributed by atoms with van der Waals surface area (Å²) in [6, 6.07) is -1.54. The lowest BCUT2D eigenvalue weighted by atomic mass is 10.0. The molecule has 0 rings (SSSR count). The summed E-state index contributed by atoms with van der Waals surface area (Å²) in [5, 5.41) is 21.9. The van der Waals surface area contributed by atoms with E-state index in [1.54, 1.807) is 0 Å². The van der Waals surface area contributed by atoms with Crippen LogP contribution >= 0.6 is 7.82 Å². The Morgan fingerprint density at radius 1 is 0.483 bits per heavy atom. The summed E-state index contributed by atoms with van der Waals surface area (Å²) in [5.41, 5.74) is 0. The number of esters is 1. The predicted octanol–water partition coefficient (Wildman–Crippen LogP) is 12.7. The minimum atomic E-state index is -4.75. The number of unbranched alkanes of at least 4 members (excludes halogenated alkanes) is 32. The van der Waals surface area contributed by atoms with Crippen LogP contribution in [0.2, 0.25) is 0 Å². The van der Waals surface area contributed by atoms with Crippen LogP contribution in [0.5, 0.6) is 0 Å². The van der Waals surface area contributed by atoms with E-state index >= 15 is 0 Å². The third kappa shape index (κ3) is 41.2. The Morgan fingerprint density at radius 2 is 0.793 bits per heavy atom. The molecule has 11 nitrogen and oxygen atoms in total. The number of rotatable bonds is 46. The molecule has 3 atom stereocenters. The zero-order valence-corrected chi connectivity index (χ0v) is 38.3.